The standard InChI is InChI=1S/C19H16N6O6/c1-30-14-5-3-2-4-12(14)18-21-19(23-22-18)20-16(26)9-24-13-8-11(25(28)29)6-7-15(13)31-10-17(24)27/h2-8H,9-10H2,1H3,(H2,20,21,22,23,26). The van der Waals surface area contributed by atoms with Gasteiger partial charge in [0.05, 0.1) is 23.3 Å². The Morgan fingerprint density at radius 3 is 2.94 bits per heavy atom. The van der Waals surface area contributed by atoms with Crippen LogP contribution in [-0.2, 0) is 9.59 Å². The summed E-state index contributed by atoms with van der Waals surface area (Å²) in [6, 6.07) is 11.0. The maximum atomic E-state index is 12.5. The summed E-state index contributed by atoms with van der Waals surface area (Å²) in [4.78, 5) is 40.6. The van der Waals surface area contributed by atoms with Crippen molar-refractivity contribution in [3.63, 3.8) is 0 Å². The van der Waals surface area contributed by atoms with Gasteiger partial charge in [0, 0.05) is 12.1 Å². The molecule has 12 heteroatoms. The van der Waals surface area contributed by atoms with Gasteiger partial charge in [-0.25, -0.2) is 0 Å². The summed E-state index contributed by atoms with van der Waals surface area (Å²) in [5.74, 6) is 0.149. The van der Waals surface area contributed by atoms with Crippen molar-refractivity contribution in [1.29, 1.82) is 0 Å². The molecule has 0 unspecified atom stereocenters. The zero-order valence-corrected chi connectivity index (χ0v) is 16.2. The summed E-state index contributed by atoms with van der Waals surface area (Å²) >= 11 is 0. The molecule has 0 aliphatic carbocycles. The third-order valence-corrected chi connectivity index (χ3v) is 4.50. The Kier molecular flexibility index (Phi) is 5.18. The fraction of sp³-hybridized carbons (Fsp3) is 0.158. The molecule has 0 radical (unpaired) electrons. The summed E-state index contributed by atoms with van der Waals surface area (Å²) in [6.45, 7) is -0.675. The second kappa shape index (κ2) is 8.10. The molecule has 31 heavy (non-hydrogen) atoms. The van der Waals surface area contributed by atoms with E-state index in [1.807, 2.05) is 6.07 Å². The second-order valence-corrected chi connectivity index (χ2v) is 6.43. The first kappa shape index (κ1) is 19.8. The summed E-state index contributed by atoms with van der Waals surface area (Å²) in [5, 5.41) is 20.2. The van der Waals surface area contributed by atoms with Crippen molar-refractivity contribution < 1.29 is 24.0 Å². The highest BCUT2D eigenvalue weighted by Crippen LogP contribution is 2.35. The van der Waals surface area contributed by atoms with Crippen molar-refractivity contribution in [1.82, 2.24) is 15.2 Å². The number of amides is 2. The smallest absolute Gasteiger partial charge is 0.271 e. The van der Waals surface area contributed by atoms with E-state index in [4.69, 9.17) is 9.47 Å². The first-order valence-corrected chi connectivity index (χ1v) is 9.03. The van der Waals surface area contributed by atoms with Gasteiger partial charge in [0.1, 0.15) is 18.0 Å². The van der Waals surface area contributed by atoms with Crippen LogP contribution in [0.15, 0.2) is 42.5 Å². The lowest BCUT2D eigenvalue weighted by molar-refractivity contribution is -0.384. The molecule has 1 aliphatic heterocycles. The van der Waals surface area contributed by atoms with Gasteiger partial charge in [-0.15, -0.1) is 5.10 Å². The van der Waals surface area contributed by atoms with E-state index in [2.05, 4.69) is 20.5 Å². The Bertz CT molecular complexity index is 1180. The highest BCUT2D eigenvalue weighted by molar-refractivity contribution is 6.04. The third kappa shape index (κ3) is 3.99. The number of H-pyrrole nitrogens is 1. The zero-order chi connectivity index (χ0) is 22.0. The van der Waals surface area contributed by atoms with Crippen molar-refractivity contribution in [2.45, 2.75) is 0 Å². The Labute approximate surface area is 174 Å². The van der Waals surface area contributed by atoms with E-state index in [0.29, 0.717) is 17.1 Å². The number of carbonyl (C=O) groups excluding carboxylic acids is 2. The van der Waals surface area contributed by atoms with Gasteiger partial charge in [-0.1, -0.05) is 12.1 Å². The average molecular weight is 424 g/mol. The van der Waals surface area contributed by atoms with Crippen LogP contribution in [0, 0.1) is 10.1 Å². The van der Waals surface area contributed by atoms with E-state index in [1.54, 1.807) is 18.2 Å². The van der Waals surface area contributed by atoms with Crippen molar-refractivity contribution in [3.8, 4) is 22.9 Å². The number of benzene rings is 2. The molecule has 2 heterocycles. The normalized spacial score (nSPS) is 12.7. The van der Waals surface area contributed by atoms with E-state index in [1.165, 1.54) is 25.3 Å². The molecule has 1 aromatic heterocycles. The van der Waals surface area contributed by atoms with Crippen LogP contribution in [0.1, 0.15) is 0 Å². The first-order valence-electron chi connectivity index (χ1n) is 9.03. The lowest BCUT2D eigenvalue weighted by Crippen LogP contribution is -2.43. The maximum Gasteiger partial charge on any atom is 0.271 e. The molecule has 0 saturated heterocycles. The molecule has 0 atom stereocenters. The molecule has 3 aromatic rings. The monoisotopic (exact) mass is 424 g/mol. The van der Waals surface area contributed by atoms with E-state index in [-0.39, 0.29) is 29.7 Å². The third-order valence-electron chi connectivity index (χ3n) is 4.50. The molecule has 158 valence electrons. The number of hydrogen-bond donors (Lipinski definition) is 2. The Morgan fingerprint density at radius 1 is 1.35 bits per heavy atom. The number of fused-ring (bicyclic) bond motifs is 1. The average Bonchev–Trinajstić information content (AvgIpc) is 3.23. The van der Waals surface area contributed by atoms with Gasteiger partial charge in [0.25, 0.3) is 11.6 Å². The summed E-state index contributed by atoms with van der Waals surface area (Å²) < 4.78 is 10.6. The van der Waals surface area contributed by atoms with Gasteiger partial charge in [-0.2, -0.15) is 4.98 Å². The number of para-hydroxylation sites is 1. The predicted octanol–water partition coefficient (Wildman–Crippen LogP) is 1.75. The number of aromatic amines is 1. The van der Waals surface area contributed by atoms with E-state index < -0.39 is 23.3 Å². The van der Waals surface area contributed by atoms with Crippen LogP contribution in [0.25, 0.3) is 11.4 Å². The summed E-state index contributed by atoms with van der Waals surface area (Å²) in [5.41, 5.74) is 0.575. The number of methoxy groups -OCH3 is 1. The molecule has 2 N–H and O–H groups in total. The Morgan fingerprint density at radius 2 is 2.16 bits per heavy atom. The first-order chi connectivity index (χ1) is 15.0. The number of nitro benzene ring substituents is 1. The molecule has 0 fully saturated rings. The molecular weight excluding hydrogens is 408 g/mol. The molecule has 0 bridgehead atoms. The molecule has 1 aliphatic rings. The predicted molar refractivity (Wildman–Crippen MR) is 108 cm³/mol. The van der Waals surface area contributed by atoms with Gasteiger partial charge in [0.2, 0.25) is 11.9 Å². The number of anilines is 2. The number of ether oxygens (including phenoxy) is 2. The number of nitro groups is 1. The van der Waals surface area contributed by atoms with E-state index in [9.17, 15) is 19.7 Å². The maximum absolute atomic E-state index is 12.5. The Balaban J connectivity index is 1.51. The van der Waals surface area contributed by atoms with Crippen LogP contribution < -0.4 is 19.7 Å². The van der Waals surface area contributed by atoms with Crippen molar-refractivity contribution >= 4 is 29.1 Å². The largest absolute Gasteiger partial charge is 0.496 e. The number of carbonyl (C=O) groups is 2. The lowest BCUT2D eigenvalue weighted by Gasteiger charge is -2.28. The van der Waals surface area contributed by atoms with Gasteiger partial charge in [0.15, 0.2) is 12.4 Å². The molecule has 2 aromatic carbocycles. The molecule has 0 spiro atoms. The van der Waals surface area contributed by atoms with Crippen LogP contribution in [0.2, 0.25) is 0 Å². The van der Waals surface area contributed by atoms with Gasteiger partial charge < -0.3 is 9.47 Å². The summed E-state index contributed by atoms with van der Waals surface area (Å²) in [7, 11) is 1.53. The van der Waals surface area contributed by atoms with E-state index in [0.717, 1.165) is 4.90 Å². The van der Waals surface area contributed by atoms with Crippen LogP contribution in [-0.4, -0.2) is 52.2 Å². The van der Waals surface area contributed by atoms with Crippen LogP contribution in [0.5, 0.6) is 11.5 Å². The van der Waals surface area contributed by atoms with Crippen molar-refractivity contribution in [2.75, 3.05) is 30.5 Å². The van der Waals surface area contributed by atoms with Gasteiger partial charge >= 0.3 is 0 Å². The number of aromatic nitrogens is 3. The fourth-order valence-electron chi connectivity index (χ4n) is 3.06. The quantitative estimate of drug-likeness (QED) is 0.448. The van der Waals surface area contributed by atoms with Crippen LogP contribution in [0.3, 0.4) is 0 Å². The van der Waals surface area contributed by atoms with Gasteiger partial charge in [-0.3, -0.25) is 35.0 Å². The SMILES string of the molecule is COc1ccccc1-c1nc(NC(=O)CN2C(=O)COc3ccc([N+](=O)[O-])cc32)n[nH]1. The number of nitrogens with one attached hydrogen (secondary N) is 2. The second-order valence-electron chi connectivity index (χ2n) is 6.43. The minimum atomic E-state index is -0.593. The molecule has 0 saturated carbocycles. The highest BCUT2D eigenvalue weighted by atomic mass is 16.6. The van der Waals surface area contributed by atoms with Crippen molar-refractivity contribution in [2.24, 2.45) is 0 Å². The number of nitrogens with zero attached hydrogens (tertiary/aromatic N) is 4. The van der Waals surface area contributed by atoms with Crippen molar-refractivity contribution in [3.05, 3.63) is 52.6 Å². The topological polar surface area (TPSA) is 153 Å². The fourth-order valence-corrected chi connectivity index (χ4v) is 3.06. The molecule has 12 nitrogen and oxygen atoms in total. The Hall–Kier alpha value is -4.48. The number of hydrogen-bond acceptors (Lipinski definition) is 8. The zero-order valence-electron chi connectivity index (χ0n) is 16.2. The highest BCUT2D eigenvalue weighted by Gasteiger charge is 2.29. The lowest BCUT2D eigenvalue weighted by atomic mass is 10.2. The molecule has 4 rings (SSSR count). The van der Waals surface area contributed by atoms with E-state index >= 15 is 0 Å². The number of rotatable bonds is 6. The van der Waals surface area contributed by atoms with Crippen LogP contribution in [0.4, 0.5) is 17.3 Å². The number of non-ortho nitro benzene ring substituents is 1. The molecule has 2 amide bonds. The summed E-state index contributed by atoms with van der Waals surface area (Å²) in [6.07, 6.45) is 0. The minimum absolute atomic E-state index is 0.00544. The molecular formula is C19H16N6O6. The minimum Gasteiger partial charge on any atom is -0.496 e. The van der Waals surface area contributed by atoms with Gasteiger partial charge in [-0.05, 0) is 18.2 Å². The van der Waals surface area contributed by atoms with Crippen LogP contribution >= 0.6 is 0 Å².